The molecule has 0 aliphatic rings. The minimum absolute atomic E-state index is 0.145. The number of hydrogen-bond donors (Lipinski definition) is 1. The van der Waals surface area contributed by atoms with Crippen LogP contribution in [0.5, 0.6) is 0 Å². The number of likely N-dealkylation sites (N-methyl/N-ethyl adjacent to an activating group) is 1. The van der Waals surface area contributed by atoms with Gasteiger partial charge in [-0.1, -0.05) is 12.1 Å². The third-order valence-electron chi connectivity index (χ3n) is 4.18. The van der Waals surface area contributed by atoms with Crippen LogP contribution in [0, 0.1) is 13.8 Å². The van der Waals surface area contributed by atoms with Crippen LogP contribution in [0.15, 0.2) is 47.4 Å². The Morgan fingerprint density at radius 3 is 2.22 bits per heavy atom. The molecule has 0 fully saturated rings. The maximum atomic E-state index is 12.5. The minimum Gasteiger partial charge on any atom is -0.362 e. The Morgan fingerprint density at radius 1 is 1.04 bits per heavy atom. The van der Waals surface area contributed by atoms with Crippen molar-refractivity contribution in [2.24, 2.45) is 0 Å². The Hall–Kier alpha value is -2.38. The molecule has 0 unspecified atom stereocenters. The Bertz CT molecular complexity index is 904. The molecule has 27 heavy (non-hydrogen) atoms. The summed E-state index contributed by atoms with van der Waals surface area (Å²) >= 11 is 0. The maximum absolute atomic E-state index is 12.5. The number of nitrogens with one attached hydrogen (secondary N) is 1. The standard InChI is InChI=1S/C20H27N3O3S/c1-6-23(18-11-15(2)10-16(3)12-18)14-20(24)21-17-8-7-9-19(13-17)27(25,26)22(4)5/h7-13H,6,14H2,1-5H3,(H,21,24). The lowest BCUT2D eigenvalue weighted by Crippen LogP contribution is -2.33. The molecule has 0 saturated heterocycles. The summed E-state index contributed by atoms with van der Waals surface area (Å²) < 4.78 is 25.6. The van der Waals surface area contributed by atoms with E-state index in [1.165, 1.54) is 26.2 Å². The maximum Gasteiger partial charge on any atom is 0.243 e. The number of amides is 1. The van der Waals surface area contributed by atoms with Crippen LogP contribution in [0.4, 0.5) is 11.4 Å². The second-order valence-electron chi connectivity index (χ2n) is 6.72. The van der Waals surface area contributed by atoms with Crippen molar-refractivity contribution >= 4 is 27.3 Å². The third-order valence-corrected chi connectivity index (χ3v) is 6.00. The van der Waals surface area contributed by atoms with E-state index in [4.69, 9.17) is 0 Å². The first-order valence-corrected chi connectivity index (χ1v) is 10.2. The zero-order valence-electron chi connectivity index (χ0n) is 16.5. The molecule has 0 aliphatic heterocycles. The number of hydrogen-bond acceptors (Lipinski definition) is 4. The number of carbonyl (C=O) groups is 1. The van der Waals surface area contributed by atoms with Crippen LogP contribution in [0.25, 0.3) is 0 Å². The lowest BCUT2D eigenvalue weighted by Gasteiger charge is -2.23. The van der Waals surface area contributed by atoms with Gasteiger partial charge in [-0.3, -0.25) is 4.79 Å². The molecule has 0 heterocycles. The van der Waals surface area contributed by atoms with Crippen LogP contribution in [-0.2, 0) is 14.8 Å². The molecule has 2 rings (SSSR count). The molecule has 0 aromatic heterocycles. The monoisotopic (exact) mass is 389 g/mol. The smallest absolute Gasteiger partial charge is 0.243 e. The van der Waals surface area contributed by atoms with E-state index < -0.39 is 10.0 Å². The summed E-state index contributed by atoms with van der Waals surface area (Å²) in [6.07, 6.45) is 0. The van der Waals surface area contributed by atoms with Gasteiger partial charge >= 0.3 is 0 Å². The number of sulfonamides is 1. The first-order valence-electron chi connectivity index (χ1n) is 8.79. The Kier molecular flexibility index (Phi) is 6.62. The van der Waals surface area contributed by atoms with Crippen LogP contribution in [0.2, 0.25) is 0 Å². The van der Waals surface area contributed by atoms with Crippen molar-refractivity contribution in [1.29, 1.82) is 0 Å². The summed E-state index contributed by atoms with van der Waals surface area (Å²) in [5.41, 5.74) is 3.74. The van der Waals surface area contributed by atoms with Gasteiger partial charge in [-0.05, 0) is 62.2 Å². The fraction of sp³-hybridized carbons (Fsp3) is 0.350. The molecule has 1 amide bonds. The minimum atomic E-state index is -3.54. The normalized spacial score (nSPS) is 11.5. The van der Waals surface area contributed by atoms with Gasteiger partial charge in [-0.25, -0.2) is 12.7 Å². The van der Waals surface area contributed by atoms with Crippen LogP contribution in [-0.4, -0.2) is 45.8 Å². The molecule has 0 bridgehead atoms. The van der Waals surface area contributed by atoms with Crippen molar-refractivity contribution in [2.45, 2.75) is 25.7 Å². The van der Waals surface area contributed by atoms with Crippen molar-refractivity contribution in [1.82, 2.24) is 4.31 Å². The van der Waals surface area contributed by atoms with Gasteiger partial charge in [-0.2, -0.15) is 0 Å². The van der Waals surface area contributed by atoms with E-state index in [0.717, 1.165) is 21.1 Å². The molecule has 1 N–H and O–H groups in total. The van der Waals surface area contributed by atoms with E-state index >= 15 is 0 Å². The topological polar surface area (TPSA) is 69.7 Å². The van der Waals surface area contributed by atoms with E-state index in [-0.39, 0.29) is 17.3 Å². The van der Waals surface area contributed by atoms with Crippen molar-refractivity contribution in [3.8, 4) is 0 Å². The second kappa shape index (κ2) is 8.54. The van der Waals surface area contributed by atoms with Crippen molar-refractivity contribution < 1.29 is 13.2 Å². The molecule has 146 valence electrons. The second-order valence-corrected chi connectivity index (χ2v) is 8.88. The molecule has 0 saturated carbocycles. The highest BCUT2D eigenvalue weighted by atomic mass is 32.2. The predicted molar refractivity (Wildman–Crippen MR) is 110 cm³/mol. The highest BCUT2D eigenvalue weighted by molar-refractivity contribution is 7.89. The summed E-state index contributed by atoms with van der Waals surface area (Å²) in [5, 5.41) is 2.79. The van der Waals surface area contributed by atoms with Crippen LogP contribution < -0.4 is 10.2 Å². The van der Waals surface area contributed by atoms with Gasteiger partial charge in [-0.15, -0.1) is 0 Å². The Morgan fingerprint density at radius 2 is 1.67 bits per heavy atom. The first-order chi connectivity index (χ1) is 12.6. The molecule has 7 heteroatoms. The summed E-state index contributed by atoms with van der Waals surface area (Å²) in [7, 11) is -0.592. The first kappa shape index (κ1) is 20.9. The SMILES string of the molecule is CCN(CC(=O)Nc1cccc(S(=O)(=O)N(C)C)c1)c1cc(C)cc(C)c1. The molecule has 0 atom stereocenters. The van der Waals surface area contributed by atoms with Gasteiger partial charge in [0.25, 0.3) is 0 Å². The molecule has 0 aliphatic carbocycles. The molecule has 0 radical (unpaired) electrons. The molecule has 0 spiro atoms. The van der Waals surface area contributed by atoms with Gasteiger partial charge in [0.15, 0.2) is 0 Å². The molecule has 6 nitrogen and oxygen atoms in total. The van der Waals surface area contributed by atoms with E-state index in [1.54, 1.807) is 12.1 Å². The van der Waals surface area contributed by atoms with Crippen molar-refractivity contribution in [3.05, 3.63) is 53.6 Å². The highest BCUT2D eigenvalue weighted by Crippen LogP contribution is 2.20. The van der Waals surface area contributed by atoms with Gasteiger partial charge < -0.3 is 10.2 Å². The van der Waals surface area contributed by atoms with E-state index in [9.17, 15) is 13.2 Å². The van der Waals surface area contributed by atoms with E-state index in [0.29, 0.717) is 12.2 Å². The quantitative estimate of drug-likeness (QED) is 0.790. The van der Waals surface area contributed by atoms with Crippen molar-refractivity contribution in [2.75, 3.05) is 37.4 Å². The number of nitrogens with zero attached hydrogens (tertiary/aromatic N) is 2. The fourth-order valence-corrected chi connectivity index (χ4v) is 3.79. The molecule has 2 aromatic rings. The zero-order chi connectivity index (χ0) is 20.2. The molecular weight excluding hydrogens is 362 g/mol. The average molecular weight is 390 g/mol. The van der Waals surface area contributed by atoms with Gasteiger partial charge in [0.1, 0.15) is 0 Å². The van der Waals surface area contributed by atoms with Crippen LogP contribution >= 0.6 is 0 Å². The lowest BCUT2D eigenvalue weighted by molar-refractivity contribution is -0.115. The van der Waals surface area contributed by atoms with Gasteiger partial charge in [0, 0.05) is 32.0 Å². The van der Waals surface area contributed by atoms with Gasteiger partial charge in [0.2, 0.25) is 15.9 Å². The highest BCUT2D eigenvalue weighted by Gasteiger charge is 2.18. The third kappa shape index (κ3) is 5.30. The average Bonchev–Trinajstić information content (AvgIpc) is 2.58. The van der Waals surface area contributed by atoms with Crippen LogP contribution in [0.1, 0.15) is 18.1 Å². The number of benzene rings is 2. The Labute approximate surface area is 161 Å². The zero-order valence-corrected chi connectivity index (χ0v) is 17.3. The van der Waals surface area contributed by atoms with Crippen molar-refractivity contribution in [3.63, 3.8) is 0 Å². The fourth-order valence-electron chi connectivity index (χ4n) is 2.84. The molecule has 2 aromatic carbocycles. The van der Waals surface area contributed by atoms with E-state index in [2.05, 4.69) is 11.4 Å². The largest absolute Gasteiger partial charge is 0.362 e. The number of rotatable bonds is 7. The van der Waals surface area contributed by atoms with Crippen LogP contribution in [0.3, 0.4) is 0 Å². The number of carbonyl (C=O) groups excluding carboxylic acids is 1. The Balaban J connectivity index is 2.15. The summed E-state index contributed by atoms with van der Waals surface area (Å²) in [6.45, 7) is 6.92. The van der Waals surface area contributed by atoms with Gasteiger partial charge in [0.05, 0.1) is 11.4 Å². The summed E-state index contributed by atoms with van der Waals surface area (Å²) in [5.74, 6) is -0.199. The predicted octanol–water partition coefficient (Wildman–Crippen LogP) is 3.02. The van der Waals surface area contributed by atoms with E-state index in [1.807, 2.05) is 37.8 Å². The molecular formula is C20H27N3O3S. The lowest BCUT2D eigenvalue weighted by atomic mass is 10.1. The summed E-state index contributed by atoms with van der Waals surface area (Å²) in [4.78, 5) is 14.6. The summed E-state index contributed by atoms with van der Waals surface area (Å²) in [6, 6.07) is 12.5. The number of anilines is 2. The number of aryl methyl sites for hydroxylation is 2.